The molecule has 1 fully saturated rings. The Kier molecular flexibility index (Phi) is 3.43. The molecule has 1 saturated carbocycles. The molecule has 0 heterocycles. The number of aryl methyl sites for hydroxylation is 2. The highest BCUT2D eigenvalue weighted by Crippen LogP contribution is 2.48. The molecular weight excluding hydrogens is 258 g/mol. The van der Waals surface area contributed by atoms with Crippen molar-refractivity contribution in [3.63, 3.8) is 0 Å². The van der Waals surface area contributed by atoms with Crippen LogP contribution in [-0.4, -0.2) is 0 Å². The van der Waals surface area contributed by atoms with Crippen LogP contribution >= 0.6 is 0 Å². The Labute approximate surface area is 126 Å². The van der Waals surface area contributed by atoms with Crippen LogP contribution in [0.3, 0.4) is 0 Å². The van der Waals surface area contributed by atoms with Crippen LogP contribution in [0.15, 0.2) is 42.5 Å². The maximum Gasteiger partial charge on any atom is 0.120 e. The van der Waals surface area contributed by atoms with Gasteiger partial charge in [0, 0.05) is 0 Å². The lowest BCUT2D eigenvalue weighted by molar-refractivity contribution is 0.304. The van der Waals surface area contributed by atoms with Gasteiger partial charge in [0.15, 0.2) is 0 Å². The van der Waals surface area contributed by atoms with Crippen LogP contribution in [0.5, 0.6) is 5.75 Å². The van der Waals surface area contributed by atoms with Gasteiger partial charge in [-0.25, -0.2) is 0 Å². The fraction of sp³-hybridized carbons (Fsp3) is 0.316. The third-order valence-electron chi connectivity index (χ3n) is 4.38. The molecule has 0 amide bonds. The van der Waals surface area contributed by atoms with Gasteiger partial charge < -0.3 is 4.74 Å². The Bertz CT molecular complexity index is 687. The minimum atomic E-state index is -0.252. The second kappa shape index (κ2) is 5.26. The molecule has 2 heteroatoms. The van der Waals surface area contributed by atoms with E-state index in [9.17, 15) is 5.26 Å². The lowest BCUT2D eigenvalue weighted by Crippen LogP contribution is -2.04. The summed E-state index contributed by atoms with van der Waals surface area (Å²) in [5.74, 6) is 0.844. The summed E-state index contributed by atoms with van der Waals surface area (Å²) in [6, 6.07) is 16.7. The first-order valence-electron chi connectivity index (χ1n) is 7.34. The molecule has 0 saturated heterocycles. The molecule has 0 aliphatic heterocycles. The first kappa shape index (κ1) is 13.7. The monoisotopic (exact) mass is 277 g/mol. The molecule has 106 valence electrons. The number of rotatable bonds is 4. The second-order valence-electron chi connectivity index (χ2n) is 5.88. The summed E-state index contributed by atoms with van der Waals surface area (Å²) in [7, 11) is 0. The molecule has 0 atom stereocenters. The van der Waals surface area contributed by atoms with Crippen molar-refractivity contribution in [2.75, 3.05) is 0 Å². The van der Waals surface area contributed by atoms with Crippen LogP contribution in [0.4, 0.5) is 0 Å². The zero-order valence-corrected chi connectivity index (χ0v) is 12.5. The first-order chi connectivity index (χ1) is 10.1. The third-order valence-corrected chi connectivity index (χ3v) is 4.38. The molecule has 0 aromatic heterocycles. The fourth-order valence-electron chi connectivity index (χ4n) is 2.71. The predicted octanol–water partition coefficient (Wildman–Crippen LogP) is 4.44. The third kappa shape index (κ3) is 2.64. The maximum atomic E-state index is 9.29. The molecule has 3 rings (SSSR count). The van der Waals surface area contributed by atoms with E-state index < -0.39 is 0 Å². The summed E-state index contributed by atoms with van der Waals surface area (Å²) >= 11 is 0. The Hall–Kier alpha value is -2.27. The van der Waals surface area contributed by atoms with E-state index in [1.165, 1.54) is 16.7 Å². The number of nitrogens with zero attached hydrogens (tertiary/aromatic N) is 1. The van der Waals surface area contributed by atoms with Crippen LogP contribution in [0.1, 0.15) is 35.1 Å². The van der Waals surface area contributed by atoms with Crippen molar-refractivity contribution in [3.8, 4) is 11.8 Å². The van der Waals surface area contributed by atoms with Crippen molar-refractivity contribution < 1.29 is 4.74 Å². The lowest BCUT2D eigenvalue weighted by Gasteiger charge is -2.13. The van der Waals surface area contributed by atoms with Crippen molar-refractivity contribution in [3.05, 3.63) is 64.7 Å². The van der Waals surface area contributed by atoms with Gasteiger partial charge in [-0.3, -0.25) is 0 Å². The van der Waals surface area contributed by atoms with Crippen LogP contribution < -0.4 is 4.74 Å². The van der Waals surface area contributed by atoms with Crippen molar-refractivity contribution in [2.45, 2.75) is 38.7 Å². The summed E-state index contributed by atoms with van der Waals surface area (Å²) in [6.07, 6.45) is 1.92. The van der Waals surface area contributed by atoms with E-state index in [1.807, 2.05) is 24.3 Å². The van der Waals surface area contributed by atoms with E-state index in [1.54, 1.807) is 0 Å². The summed E-state index contributed by atoms with van der Waals surface area (Å²) < 4.78 is 5.95. The summed E-state index contributed by atoms with van der Waals surface area (Å²) in [4.78, 5) is 0. The summed E-state index contributed by atoms with van der Waals surface area (Å²) in [5.41, 5.74) is 4.58. The summed E-state index contributed by atoms with van der Waals surface area (Å²) in [6.45, 7) is 4.79. The van der Waals surface area contributed by atoms with E-state index >= 15 is 0 Å². The summed E-state index contributed by atoms with van der Waals surface area (Å²) in [5, 5.41) is 9.29. The van der Waals surface area contributed by atoms with Crippen molar-refractivity contribution in [1.29, 1.82) is 5.26 Å². The van der Waals surface area contributed by atoms with Crippen LogP contribution in [-0.2, 0) is 12.0 Å². The number of ether oxygens (including phenoxy) is 1. The molecule has 1 aliphatic rings. The molecule has 2 nitrogen and oxygen atoms in total. The molecule has 1 aliphatic carbocycles. The van der Waals surface area contributed by atoms with Gasteiger partial charge >= 0.3 is 0 Å². The molecule has 21 heavy (non-hydrogen) atoms. The maximum absolute atomic E-state index is 9.29. The average molecular weight is 277 g/mol. The largest absolute Gasteiger partial charge is 0.489 e. The highest BCUT2D eigenvalue weighted by atomic mass is 16.5. The minimum absolute atomic E-state index is 0.252. The van der Waals surface area contributed by atoms with E-state index in [4.69, 9.17) is 4.74 Å². The molecular formula is C19H19NO. The number of hydrogen-bond donors (Lipinski definition) is 0. The smallest absolute Gasteiger partial charge is 0.120 e. The van der Waals surface area contributed by atoms with Crippen LogP contribution in [0.2, 0.25) is 0 Å². The lowest BCUT2D eigenvalue weighted by atomic mass is 9.98. The van der Waals surface area contributed by atoms with Crippen molar-refractivity contribution in [2.24, 2.45) is 0 Å². The van der Waals surface area contributed by atoms with Gasteiger partial charge in [-0.15, -0.1) is 0 Å². The van der Waals surface area contributed by atoms with Crippen LogP contribution in [0, 0.1) is 25.2 Å². The average Bonchev–Trinajstić information content (AvgIpc) is 3.28. The first-order valence-corrected chi connectivity index (χ1v) is 7.34. The predicted molar refractivity (Wildman–Crippen MR) is 83.2 cm³/mol. The van der Waals surface area contributed by atoms with E-state index in [2.05, 4.69) is 38.1 Å². The Morgan fingerprint density at radius 2 is 1.76 bits per heavy atom. The van der Waals surface area contributed by atoms with E-state index in [-0.39, 0.29) is 5.41 Å². The van der Waals surface area contributed by atoms with Gasteiger partial charge in [0.25, 0.3) is 0 Å². The minimum Gasteiger partial charge on any atom is -0.489 e. The fourth-order valence-corrected chi connectivity index (χ4v) is 2.71. The Balaban J connectivity index is 1.77. The highest BCUT2D eigenvalue weighted by Gasteiger charge is 2.44. The normalized spacial score (nSPS) is 15.3. The molecule has 2 aromatic rings. The van der Waals surface area contributed by atoms with Gasteiger partial charge in [0.1, 0.15) is 12.4 Å². The van der Waals surface area contributed by atoms with Gasteiger partial charge in [-0.05, 0) is 61.1 Å². The molecule has 0 unspecified atom stereocenters. The van der Waals surface area contributed by atoms with Crippen molar-refractivity contribution >= 4 is 0 Å². The highest BCUT2D eigenvalue weighted by molar-refractivity contribution is 5.43. The second-order valence-corrected chi connectivity index (χ2v) is 5.88. The van der Waals surface area contributed by atoms with Gasteiger partial charge in [-0.2, -0.15) is 5.26 Å². The number of hydrogen-bond acceptors (Lipinski definition) is 2. The van der Waals surface area contributed by atoms with Crippen LogP contribution in [0.25, 0.3) is 0 Å². The Morgan fingerprint density at radius 3 is 2.38 bits per heavy atom. The van der Waals surface area contributed by atoms with E-state index in [0.29, 0.717) is 6.61 Å². The molecule has 0 radical (unpaired) electrons. The molecule has 0 spiro atoms. The molecule has 2 aromatic carbocycles. The molecule has 0 bridgehead atoms. The van der Waals surface area contributed by atoms with E-state index in [0.717, 1.165) is 24.2 Å². The zero-order valence-electron chi connectivity index (χ0n) is 12.5. The topological polar surface area (TPSA) is 33.0 Å². The van der Waals surface area contributed by atoms with Gasteiger partial charge in [-0.1, -0.05) is 30.3 Å². The Morgan fingerprint density at radius 1 is 1.10 bits per heavy atom. The quantitative estimate of drug-likeness (QED) is 0.827. The SMILES string of the molecule is Cc1cccc(C)c1COc1cccc(C2(C#N)CC2)c1. The number of benzene rings is 2. The standard InChI is InChI=1S/C19H19NO/c1-14-5-3-6-15(2)18(14)12-21-17-8-4-7-16(11-17)19(13-20)9-10-19/h3-8,11H,9-10,12H2,1-2H3. The number of nitriles is 1. The van der Waals surface area contributed by atoms with Gasteiger partial charge in [0.2, 0.25) is 0 Å². The molecule has 0 N–H and O–H groups in total. The zero-order chi connectivity index (χ0) is 14.9. The van der Waals surface area contributed by atoms with Crippen molar-refractivity contribution in [1.82, 2.24) is 0 Å². The van der Waals surface area contributed by atoms with Gasteiger partial charge in [0.05, 0.1) is 11.5 Å².